The van der Waals surface area contributed by atoms with Crippen LogP contribution in [0.5, 0.6) is 0 Å². The second kappa shape index (κ2) is 8.70. The molecule has 1 atom stereocenters. The zero-order valence-corrected chi connectivity index (χ0v) is 13.0. The molecule has 0 saturated carbocycles. The molecular formula is C14H29NO2S. The minimum absolute atomic E-state index is 0.323. The molecular weight excluding hydrogens is 246 g/mol. The van der Waals surface area contributed by atoms with Crippen LogP contribution in [-0.4, -0.2) is 14.0 Å². The van der Waals surface area contributed by atoms with Crippen LogP contribution >= 0.6 is 0 Å². The fourth-order valence-corrected chi connectivity index (χ4v) is 3.10. The second-order valence-corrected chi connectivity index (χ2v) is 6.92. The van der Waals surface area contributed by atoms with Crippen LogP contribution in [0.25, 0.3) is 0 Å². The first-order valence-electron chi connectivity index (χ1n) is 7.05. The third kappa shape index (κ3) is 7.88. The third-order valence-electron chi connectivity index (χ3n) is 3.27. The molecule has 0 heterocycles. The first-order valence-corrected chi connectivity index (χ1v) is 8.60. The molecule has 0 radical (unpaired) electrons. The number of hydrogen-bond acceptors (Lipinski definition) is 2. The van der Waals surface area contributed by atoms with E-state index in [2.05, 4.69) is 25.1 Å². The van der Waals surface area contributed by atoms with Gasteiger partial charge >= 0.3 is 0 Å². The van der Waals surface area contributed by atoms with E-state index >= 15 is 0 Å². The average molecular weight is 275 g/mol. The van der Waals surface area contributed by atoms with E-state index in [4.69, 9.17) is 0 Å². The number of nitrogens with one attached hydrogen (secondary N) is 1. The Bertz CT molecular complexity index is 325. The van der Waals surface area contributed by atoms with Crippen molar-refractivity contribution in [2.24, 2.45) is 0 Å². The Hall–Kier alpha value is -0.350. The number of sulfonamides is 1. The summed E-state index contributed by atoms with van der Waals surface area (Å²) in [6.07, 6.45) is 8.59. The van der Waals surface area contributed by atoms with E-state index in [1.54, 1.807) is 0 Å². The number of rotatable bonds is 11. The van der Waals surface area contributed by atoms with E-state index in [-0.39, 0.29) is 5.54 Å². The summed E-state index contributed by atoms with van der Waals surface area (Å²) in [6, 6.07) is 0. The largest absolute Gasteiger partial charge is 0.233 e. The maximum atomic E-state index is 11.6. The normalized spacial score (nSPS) is 15.3. The van der Waals surface area contributed by atoms with Gasteiger partial charge in [0.05, 0.1) is 0 Å². The fourth-order valence-electron chi connectivity index (χ4n) is 2.12. The highest BCUT2D eigenvalue weighted by Gasteiger charge is 2.27. The van der Waals surface area contributed by atoms with Crippen molar-refractivity contribution in [3.8, 4) is 0 Å². The lowest BCUT2D eigenvalue weighted by Gasteiger charge is -2.30. The molecule has 3 nitrogen and oxygen atoms in total. The molecule has 1 unspecified atom stereocenters. The molecule has 0 fully saturated rings. The Balaban J connectivity index is 4.46. The summed E-state index contributed by atoms with van der Waals surface area (Å²) < 4.78 is 26.1. The Morgan fingerprint density at radius 1 is 1.06 bits per heavy atom. The van der Waals surface area contributed by atoms with Gasteiger partial charge in [-0.2, -0.15) is 0 Å². The van der Waals surface area contributed by atoms with Crippen LogP contribution in [0.15, 0.2) is 12.0 Å². The molecule has 0 rings (SSSR count). The smallest absolute Gasteiger partial charge is 0.208 e. The monoisotopic (exact) mass is 275 g/mol. The summed E-state index contributed by atoms with van der Waals surface area (Å²) in [4.78, 5) is 0. The van der Waals surface area contributed by atoms with Crippen LogP contribution in [0.2, 0.25) is 0 Å². The topological polar surface area (TPSA) is 46.2 Å². The lowest BCUT2D eigenvalue weighted by atomic mass is 9.90. The van der Waals surface area contributed by atoms with Gasteiger partial charge in [0.1, 0.15) is 0 Å². The molecule has 0 spiro atoms. The van der Waals surface area contributed by atoms with Crippen molar-refractivity contribution in [2.75, 3.05) is 0 Å². The summed E-state index contributed by atoms with van der Waals surface area (Å²) in [7, 11) is -3.34. The number of unbranched alkanes of at least 4 members (excludes halogenated alkanes) is 4. The van der Waals surface area contributed by atoms with Crippen molar-refractivity contribution < 1.29 is 8.42 Å². The van der Waals surface area contributed by atoms with Gasteiger partial charge in [-0.25, -0.2) is 13.1 Å². The van der Waals surface area contributed by atoms with Crippen LogP contribution < -0.4 is 4.72 Å². The lowest BCUT2D eigenvalue weighted by molar-refractivity contribution is 0.337. The van der Waals surface area contributed by atoms with Crippen LogP contribution in [-0.2, 0) is 10.0 Å². The maximum Gasteiger partial charge on any atom is 0.233 e. The molecule has 0 bridgehead atoms. The van der Waals surface area contributed by atoms with Gasteiger partial charge in [-0.15, -0.1) is 0 Å². The summed E-state index contributed by atoms with van der Waals surface area (Å²) in [6.45, 7) is 9.67. The SMILES string of the molecule is C=CS(=O)(=O)NC(C)(CCCC)CCCCCC. The summed E-state index contributed by atoms with van der Waals surface area (Å²) in [5.41, 5.74) is -0.323. The zero-order chi connectivity index (χ0) is 14.1. The third-order valence-corrected chi connectivity index (χ3v) is 4.49. The quantitative estimate of drug-likeness (QED) is 0.580. The average Bonchev–Trinajstić information content (AvgIpc) is 2.32. The Morgan fingerprint density at radius 3 is 2.11 bits per heavy atom. The van der Waals surface area contributed by atoms with E-state index in [1.165, 1.54) is 19.3 Å². The second-order valence-electron chi connectivity index (χ2n) is 5.29. The number of hydrogen-bond donors (Lipinski definition) is 1. The van der Waals surface area contributed by atoms with Crippen LogP contribution in [0.4, 0.5) is 0 Å². The highest BCUT2D eigenvalue weighted by molar-refractivity contribution is 7.92. The van der Waals surface area contributed by atoms with E-state index in [9.17, 15) is 8.42 Å². The van der Waals surface area contributed by atoms with E-state index in [0.717, 1.165) is 37.5 Å². The highest BCUT2D eigenvalue weighted by atomic mass is 32.2. The van der Waals surface area contributed by atoms with Crippen LogP contribution in [0.1, 0.15) is 72.1 Å². The Labute approximate surface area is 113 Å². The molecule has 0 amide bonds. The predicted octanol–water partition coefficient (Wildman–Crippen LogP) is 3.97. The van der Waals surface area contributed by atoms with Gasteiger partial charge in [0, 0.05) is 10.9 Å². The first-order chi connectivity index (χ1) is 8.39. The van der Waals surface area contributed by atoms with Crippen molar-refractivity contribution >= 4 is 10.0 Å². The van der Waals surface area contributed by atoms with Gasteiger partial charge in [-0.1, -0.05) is 59.0 Å². The van der Waals surface area contributed by atoms with Gasteiger partial charge in [-0.3, -0.25) is 0 Å². The molecule has 0 aliphatic rings. The minimum Gasteiger partial charge on any atom is -0.208 e. The minimum atomic E-state index is -3.34. The van der Waals surface area contributed by atoms with Crippen molar-refractivity contribution in [1.82, 2.24) is 4.72 Å². The standard InChI is InChI=1S/C14H29NO2S/c1-5-8-10-11-13-14(4,12-9-6-2)15-18(16,17)7-3/h7,15H,3,5-6,8-13H2,1-2,4H3. The van der Waals surface area contributed by atoms with Gasteiger partial charge in [0.25, 0.3) is 0 Å². The molecule has 1 N–H and O–H groups in total. The van der Waals surface area contributed by atoms with Crippen molar-refractivity contribution in [1.29, 1.82) is 0 Å². The molecule has 108 valence electrons. The van der Waals surface area contributed by atoms with Crippen LogP contribution in [0.3, 0.4) is 0 Å². The Kier molecular flexibility index (Phi) is 8.53. The molecule has 0 aromatic rings. The van der Waals surface area contributed by atoms with Crippen molar-refractivity contribution in [3.05, 3.63) is 12.0 Å². The van der Waals surface area contributed by atoms with E-state index < -0.39 is 10.0 Å². The first kappa shape index (κ1) is 17.6. The van der Waals surface area contributed by atoms with Gasteiger partial charge in [-0.05, 0) is 19.8 Å². The van der Waals surface area contributed by atoms with E-state index in [1.807, 2.05) is 6.92 Å². The molecule has 0 aromatic carbocycles. The van der Waals surface area contributed by atoms with Crippen molar-refractivity contribution in [3.63, 3.8) is 0 Å². The maximum absolute atomic E-state index is 11.6. The highest BCUT2D eigenvalue weighted by Crippen LogP contribution is 2.23. The summed E-state index contributed by atoms with van der Waals surface area (Å²) in [5, 5.41) is 1.00. The van der Waals surface area contributed by atoms with Crippen molar-refractivity contribution in [2.45, 2.75) is 77.7 Å². The molecule has 0 saturated heterocycles. The van der Waals surface area contributed by atoms with Gasteiger partial charge < -0.3 is 0 Å². The Morgan fingerprint density at radius 2 is 1.61 bits per heavy atom. The zero-order valence-electron chi connectivity index (χ0n) is 12.2. The molecule has 0 aliphatic heterocycles. The van der Waals surface area contributed by atoms with E-state index in [0.29, 0.717) is 0 Å². The molecule has 4 heteroatoms. The predicted molar refractivity (Wildman–Crippen MR) is 78.9 cm³/mol. The summed E-state index contributed by atoms with van der Waals surface area (Å²) >= 11 is 0. The molecule has 18 heavy (non-hydrogen) atoms. The van der Waals surface area contributed by atoms with Crippen LogP contribution in [0, 0.1) is 0 Å². The van der Waals surface area contributed by atoms with Gasteiger partial charge in [0.15, 0.2) is 0 Å². The summed E-state index contributed by atoms with van der Waals surface area (Å²) in [5.74, 6) is 0. The molecule has 0 aromatic heterocycles. The fraction of sp³-hybridized carbons (Fsp3) is 0.857. The van der Waals surface area contributed by atoms with Gasteiger partial charge in [0.2, 0.25) is 10.0 Å². The lowest BCUT2D eigenvalue weighted by Crippen LogP contribution is -2.45. The molecule has 0 aliphatic carbocycles.